The van der Waals surface area contributed by atoms with E-state index in [9.17, 15) is 0 Å². The van der Waals surface area contributed by atoms with E-state index in [2.05, 4.69) is 57.2 Å². The molecule has 0 nitrogen and oxygen atoms in total. The van der Waals surface area contributed by atoms with Crippen molar-refractivity contribution in [1.82, 2.24) is 0 Å². The number of thioether (sulfide) groups is 1. The topological polar surface area (TPSA) is 0 Å². The van der Waals surface area contributed by atoms with Crippen LogP contribution in [0.5, 0.6) is 0 Å². The maximum atomic E-state index is 2.32. The molecule has 0 aromatic heterocycles. The van der Waals surface area contributed by atoms with E-state index in [-0.39, 0.29) is 0 Å². The highest BCUT2D eigenvalue weighted by atomic mass is 32.2. The molecule has 0 amide bonds. The van der Waals surface area contributed by atoms with Crippen LogP contribution in [0.1, 0.15) is 29.5 Å². The Hall–Kier alpha value is -1.15. The van der Waals surface area contributed by atoms with Crippen molar-refractivity contribution in [2.45, 2.75) is 23.5 Å². The largest absolute Gasteiger partial charge is 0.140 e. The van der Waals surface area contributed by atoms with Crippen molar-refractivity contribution >= 4 is 25.1 Å². The van der Waals surface area contributed by atoms with Crippen molar-refractivity contribution in [2.75, 3.05) is 0 Å². The van der Waals surface area contributed by atoms with Gasteiger partial charge in [0.05, 0.1) is 0 Å². The molecule has 0 radical (unpaired) electrons. The summed E-state index contributed by atoms with van der Waals surface area (Å²) < 4.78 is 0. The molecular formula is C15H15BS. The van der Waals surface area contributed by atoms with Crippen LogP contribution in [0.2, 0.25) is 0 Å². The van der Waals surface area contributed by atoms with Crippen LogP contribution in [0.4, 0.5) is 0 Å². The molecule has 3 rings (SSSR count). The molecule has 0 N–H and O–H groups in total. The van der Waals surface area contributed by atoms with Gasteiger partial charge in [0.25, 0.3) is 0 Å². The molecule has 2 aromatic carbocycles. The van der Waals surface area contributed by atoms with Gasteiger partial charge in [-0.3, -0.25) is 0 Å². The molecule has 17 heavy (non-hydrogen) atoms. The molecule has 1 atom stereocenters. The highest BCUT2D eigenvalue weighted by Gasteiger charge is 2.20. The van der Waals surface area contributed by atoms with Gasteiger partial charge in [-0.2, -0.15) is 0 Å². The predicted octanol–water partition coefficient (Wildman–Crippen LogP) is 2.70. The van der Waals surface area contributed by atoms with Crippen LogP contribution in [0.3, 0.4) is 0 Å². The molecule has 2 heteroatoms. The van der Waals surface area contributed by atoms with Gasteiger partial charge < -0.3 is 0 Å². The Morgan fingerprint density at radius 3 is 2.71 bits per heavy atom. The van der Waals surface area contributed by atoms with E-state index >= 15 is 0 Å². The summed E-state index contributed by atoms with van der Waals surface area (Å²) in [6, 6.07) is 15.5. The van der Waals surface area contributed by atoms with Crippen molar-refractivity contribution in [3.05, 3.63) is 59.2 Å². The SMILES string of the molecule is Bc1cccc2c1SCc1ccccc1C2C. The van der Waals surface area contributed by atoms with E-state index in [1.54, 1.807) is 0 Å². The van der Waals surface area contributed by atoms with Crippen molar-refractivity contribution in [1.29, 1.82) is 0 Å². The molecule has 0 spiro atoms. The molecule has 0 saturated carbocycles. The fourth-order valence-corrected chi connectivity index (χ4v) is 3.89. The molecule has 1 unspecified atom stereocenters. The first kappa shape index (κ1) is 11.0. The van der Waals surface area contributed by atoms with Crippen molar-refractivity contribution in [3.8, 4) is 0 Å². The van der Waals surface area contributed by atoms with E-state index in [1.807, 2.05) is 11.8 Å². The quantitative estimate of drug-likeness (QED) is 0.636. The fraction of sp³-hybridized carbons (Fsp3) is 0.200. The van der Waals surface area contributed by atoms with Crippen molar-refractivity contribution in [2.24, 2.45) is 0 Å². The van der Waals surface area contributed by atoms with Gasteiger partial charge in [0.2, 0.25) is 0 Å². The van der Waals surface area contributed by atoms with Crippen molar-refractivity contribution in [3.63, 3.8) is 0 Å². The van der Waals surface area contributed by atoms with Gasteiger partial charge in [0.15, 0.2) is 0 Å². The van der Waals surface area contributed by atoms with Gasteiger partial charge in [0.1, 0.15) is 7.85 Å². The number of hydrogen-bond donors (Lipinski definition) is 0. The van der Waals surface area contributed by atoms with E-state index in [1.165, 1.54) is 27.0 Å². The van der Waals surface area contributed by atoms with E-state index in [0.29, 0.717) is 5.92 Å². The molecular weight excluding hydrogens is 223 g/mol. The maximum Gasteiger partial charge on any atom is 0.140 e. The van der Waals surface area contributed by atoms with E-state index < -0.39 is 0 Å². The zero-order valence-electron chi connectivity index (χ0n) is 10.2. The second kappa shape index (κ2) is 4.27. The van der Waals surface area contributed by atoms with Crippen LogP contribution < -0.4 is 5.46 Å². The van der Waals surface area contributed by atoms with Gasteiger partial charge in [-0.1, -0.05) is 54.9 Å². The Bertz CT molecular complexity index is 563. The monoisotopic (exact) mass is 238 g/mol. The molecule has 1 aliphatic heterocycles. The molecule has 2 aromatic rings. The van der Waals surface area contributed by atoms with Gasteiger partial charge >= 0.3 is 0 Å². The minimum Gasteiger partial charge on any atom is -0.122 e. The molecule has 84 valence electrons. The summed E-state index contributed by atoms with van der Waals surface area (Å²) in [6.45, 7) is 2.32. The molecule has 0 bridgehead atoms. The van der Waals surface area contributed by atoms with Crippen LogP contribution in [0.25, 0.3) is 0 Å². The first-order chi connectivity index (χ1) is 8.27. The summed E-state index contributed by atoms with van der Waals surface area (Å²) in [5.74, 6) is 1.61. The third-order valence-electron chi connectivity index (χ3n) is 3.60. The van der Waals surface area contributed by atoms with E-state index in [0.717, 1.165) is 5.75 Å². The summed E-state index contributed by atoms with van der Waals surface area (Å²) in [6.07, 6.45) is 0. The number of hydrogen-bond acceptors (Lipinski definition) is 1. The lowest BCUT2D eigenvalue weighted by molar-refractivity contribution is 0.893. The lowest BCUT2D eigenvalue weighted by atomic mass is 9.86. The van der Waals surface area contributed by atoms with Crippen LogP contribution >= 0.6 is 11.8 Å². The Morgan fingerprint density at radius 1 is 1.06 bits per heavy atom. The highest BCUT2D eigenvalue weighted by Crippen LogP contribution is 2.39. The van der Waals surface area contributed by atoms with Gasteiger partial charge in [-0.05, 0) is 16.7 Å². The Labute approximate surface area is 108 Å². The third kappa shape index (κ3) is 1.81. The minimum absolute atomic E-state index is 0.510. The molecule has 0 aliphatic carbocycles. The minimum atomic E-state index is 0.510. The first-order valence-corrected chi connectivity index (χ1v) is 7.06. The van der Waals surface area contributed by atoms with Gasteiger partial charge in [0, 0.05) is 16.6 Å². The van der Waals surface area contributed by atoms with Crippen LogP contribution in [-0.2, 0) is 5.75 Å². The summed E-state index contributed by atoms with van der Waals surface area (Å²) in [5.41, 5.74) is 5.87. The van der Waals surface area contributed by atoms with Gasteiger partial charge in [-0.25, -0.2) is 0 Å². The molecule has 0 fully saturated rings. The number of benzene rings is 2. The zero-order chi connectivity index (χ0) is 11.8. The third-order valence-corrected chi connectivity index (χ3v) is 4.90. The second-order valence-electron chi connectivity index (χ2n) is 4.70. The van der Waals surface area contributed by atoms with Crippen LogP contribution in [0.15, 0.2) is 47.4 Å². The summed E-state index contributed by atoms with van der Waals surface area (Å²) in [4.78, 5) is 1.48. The first-order valence-electron chi connectivity index (χ1n) is 6.07. The average molecular weight is 238 g/mol. The standard InChI is InChI=1S/C15H15BS/c1-10-12-6-3-2-5-11(12)9-17-15-13(10)7-4-8-14(15)16/h2-8,10H,9,16H2,1H3. The predicted molar refractivity (Wildman–Crippen MR) is 78.1 cm³/mol. The summed E-state index contributed by atoms with van der Waals surface area (Å²) >= 11 is 1.98. The number of fused-ring (bicyclic) bond motifs is 2. The summed E-state index contributed by atoms with van der Waals surface area (Å²) in [5, 5.41) is 0. The lowest BCUT2D eigenvalue weighted by Gasteiger charge is -2.15. The van der Waals surface area contributed by atoms with Crippen LogP contribution in [0, 0.1) is 0 Å². The summed E-state index contributed by atoms with van der Waals surface area (Å²) in [7, 11) is 2.22. The highest BCUT2D eigenvalue weighted by molar-refractivity contribution is 7.98. The lowest BCUT2D eigenvalue weighted by Crippen LogP contribution is -2.09. The zero-order valence-corrected chi connectivity index (χ0v) is 11.1. The van der Waals surface area contributed by atoms with Crippen molar-refractivity contribution < 1.29 is 0 Å². The second-order valence-corrected chi connectivity index (χ2v) is 5.69. The number of rotatable bonds is 0. The van der Waals surface area contributed by atoms with Gasteiger partial charge in [-0.15, -0.1) is 11.8 Å². The smallest absolute Gasteiger partial charge is 0.122 e. The molecule has 0 saturated heterocycles. The fourth-order valence-electron chi connectivity index (χ4n) is 2.62. The Kier molecular flexibility index (Phi) is 2.75. The molecule has 1 heterocycles. The van der Waals surface area contributed by atoms with Crippen LogP contribution in [-0.4, -0.2) is 7.85 Å². The Balaban J connectivity index is 2.20. The normalized spacial score (nSPS) is 18.1. The van der Waals surface area contributed by atoms with E-state index in [4.69, 9.17) is 0 Å². The average Bonchev–Trinajstić information content (AvgIpc) is 2.50. The molecule has 1 aliphatic rings. The Morgan fingerprint density at radius 2 is 1.82 bits per heavy atom. The maximum absolute atomic E-state index is 2.32.